The van der Waals surface area contributed by atoms with Crippen molar-refractivity contribution in [2.24, 2.45) is 0 Å². The van der Waals surface area contributed by atoms with Crippen LogP contribution in [0.25, 0.3) is 6.08 Å². The highest BCUT2D eigenvalue weighted by molar-refractivity contribution is 5.73. The van der Waals surface area contributed by atoms with Gasteiger partial charge in [-0.1, -0.05) is 54.1 Å². The molecule has 1 heteroatoms. The molecule has 2 aromatic rings. The zero-order chi connectivity index (χ0) is 12.5. The number of hydrogen-bond acceptors (Lipinski definition) is 1. The molecule has 0 radical (unpaired) electrons. The van der Waals surface area contributed by atoms with E-state index in [0.29, 0.717) is 5.92 Å². The molecule has 1 atom stereocenters. The van der Waals surface area contributed by atoms with E-state index in [1.54, 1.807) is 7.11 Å². The van der Waals surface area contributed by atoms with Crippen LogP contribution >= 0.6 is 0 Å². The molecule has 1 aliphatic rings. The number of rotatable bonds is 2. The minimum Gasteiger partial charge on any atom is -0.496 e. The third kappa shape index (κ3) is 1.63. The van der Waals surface area contributed by atoms with Crippen molar-refractivity contribution in [1.29, 1.82) is 0 Å². The first kappa shape index (κ1) is 11.1. The topological polar surface area (TPSA) is 9.23 Å². The number of ether oxygens (including phenoxy) is 1. The molecule has 0 saturated heterocycles. The molecule has 0 aliphatic heterocycles. The molecule has 0 fully saturated rings. The number of hydrogen-bond donors (Lipinski definition) is 0. The van der Waals surface area contributed by atoms with Gasteiger partial charge in [-0.05, 0) is 24.1 Å². The Morgan fingerprint density at radius 1 is 0.944 bits per heavy atom. The maximum Gasteiger partial charge on any atom is 0.126 e. The van der Waals surface area contributed by atoms with E-state index in [2.05, 4.69) is 55.5 Å². The van der Waals surface area contributed by atoms with E-state index in [0.717, 1.165) is 5.75 Å². The quantitative estimate of drug-likeness (QED) is 0.757. The van der Waals surface area contributed by atoms with Crippen molar-refractivity contribution in [2.45, 2.75) is 12.8 Å². The van der Waals surface area contributed by atoms with Crippen LogP contribution < -0.4 is 4.74 Å². The molecule has 18 heavy (non-hydrogen) atoms. The largest absolute Gasteiger partial charge is 0.496 e. The van der Waals surface area contributed by atoms with Gasteiger partial charge in [0, 0.05) is 11.5 Å². The molecule has 1 aliphatic carbocycles. The Balaban J connectivity index is 2.15. The Hall–Kier alpha value is -2.02. The molecule has 1 nitrogen and oxygen atoms in total. The van der Waals surface area contributed by atoms with Crippen LogP contribution in [-0.2, 0) is 0 Å². The second kappa shape index (κ2) is 4.34. The van der Waals surface area contributed by atoms with Crippen molar-refractivity contribution < 1.29 is 4.74 Å². The Morgan fingerprint density at radius 3 is 2.44 bits per heavy atom. The molecule has 0 saturated carbocycles. The molecule has 0 spiro atoms. The fraction of sp³-hybridized carbons (Fsp3) is 0.176. The van der Waals surface area contributed by atoms with Crippen LogP contribution in [0.5, 0.6) is 5.75 Å². The van der Waals surface area contributed by atoms with Gasteiger partial charge in [0.25, 0.3) is 0 Å². The second-order valence-corrected chi connectivity index (χ2v) is 4.70. The summed E-state index contributed by atoms with van der Waals surface area (Å²) in [5.74, 6) is 1.33. The van der Waals surface area contributed by atoms with Gasteiger partial charge in [0.05, 0.1) is 7.11 Å². The molecule has 1 unspecified atom stereocenters. The van der Waals surface area contributed by atoms with Gasteiger partial charge in [0.2, 0.25) is 0 Å². The van der Waals surface area contributed by atoms with E-state index in [1.807, 2.05) is 6.07 Å². The number of benzene rings is 2. The fourth-order valence-corrected chi connectivity index (χ4v) is 2.79. The van der Waals surface area contributed by atoms with Crippen LogP contribution in [-0.4, -0.2) is 7.11 Å². The third-order valence-electron chi connectivity index (χ3n) is 3.59. The minimum atomic E-state index is 0.372. The highest BCUT2D eigenvalue weighted by atomic mass is 16.5. The van der Waals surface area contributed by atoms with Crippen molar-refractivity contribution in [1.82, 2.24) is 0 Å². The maximum absolute atomic E-state index is 5.44. The number of allylic oxidation sites excluding steroid dienone is 1. The van der Waals surface area contributed by atoms with E-state index in [9.17, 15) is 0 Å². The summed E-state index contributed by atoms with van der Waals surface area (Å²) >= 11 is 0. The van der Waals surface area contributed by atoms with Crippen molar-refractivity contribution in [2.75, 3.05) is 7.11 Å². The standard InChI is InChI=1S/C17H16O/c1-12-11-15-14(9-6-10-16(15)18-2)17(12)13-7-4-3-5-8-13/h3-11,17H,1-2H3. The first-order valence-electron chi connectivity index (χ1n) is 6.21. The zero-order valence-corrected chi connectivity index (χ0v) is 10.7. The van der Waals surface area contributed by atoms with Gasteiger partial charge in [-0.2, -0.15) is 0 Å². The highest BCUT2D eigenvalue weighted by Crippen LogP contribution is 2.43. The summed E-state index contributed by atoms with van der Waals surface area (Å²) in [5, 5.41) is 0. The smallest absolute Gasteiger partial charge is 0.126 e. The predicted molar refractivity (Wildman–Crippen MR) is 74.9 cm³/mol. The van der Waals surface area contributed by atoms with Crippen molar-refractivity contribution in [3.8, 4) is 5.75 Å². The van der Waals surface area contributed by atoms with E-state index < -0.39 is 0 Å². The van der Waals surface area contributed by atoms with Crippen molar-refractivity contribution in [3.05, 3.63) is 70.8 Å². The molecule has 0 amide bonds. The lowest BCUT2D eigenvalue weighted by molar-refractivity contribution is 0.413. The molecular weight excluding hydrogens is 220 g/mol. The van der Waals surface area contributed by atoms with Crippen molar-refractivity contribution in [3.63, 3.8) is 0 Å². The van der Waals surface area contributed by atoms with Gasteiger partial charge >= 0.3 is 0 Å². The predicted octanol–water partition coefficient (Wildman–Crippen LogP) is 4.24. The molecule has 3 rings (SSSR count). The molecule has 0 aromatic heterocycles. The molecule has 90 valence electrons. The third-order valence-corrected chi connectivity index (χ3v) is 3.59. The first-order valence-corrected chi connectivity index (χ1v) is 6.21. The average molecular weight is 236 g/mol. The SMILES string of the molecule is COc1cccc2c1C=C(C)C2c1ccccc1. The van der Waals surface area contributed by atoms with Crippen LogP contribution in [0, 0.1) is 0 Å². The van der Waals surface area contributed by atoms with Crippen LogP contribution in [0.4, 0.5) is 0 Å². The maximum atomic E-state index is 5.44. The molecular formula is C17H16O. The summed E-state index contributed by atoms with van der Waals surface area (Å²) in [7, 11) is 1.73. The first-order chi connectivity index (χ1) is 8.81. The Kier molecular flexibility index (Phi) is 2.67. The summed E-state index contributed by atoms with van der Waals surface area (Å²) in [5.41, 5.74) is 5.29. The lowest BCUT2D eigenvalue weighted by atomic mass is 9.89. The second-order valence-electron chi connectivity index (χ2n) is 4.70. The van der Waals surface area contributed by atoms with E-state index in [-0.39, 0.29) is 0 Å². The van der Waals surface area contributed by atoms with Gasteiger partial charge in [-0.25, -0.2) is 0 Å². The zero-order valence-electron chi connectivity index (χ0n) is 10.7. The van der Waals surface area contributed by atoms with E-state index >= 15 is 0 Å². The Morgan fingerprint density at radius 2 is 1.72 bits per heavy atom. The monoisotopic (exact) mass is 236 g/mol. The average Bonchev–Trinajstić information content (AvgIpc) is 2.75. The van der Waals surface area contributed by atoms with Gasteiger partial charge < -0.3 is 4.74 Å². The minimum absolute atomic E-state index is 0.372. The van der Waals surface area contributed by atoms with Crippen LogP contribution in [0.3, 0.4) is 0 Å². The molecule has 0 N–H and O–H groups in total. The van der Waals surface area contributed by atoms with Crippen LogP contribution in [0.1, 0.15) is 29.5 Å². The number of fused-ring (bicyclic) bond motifs is 1. The normalized spacial score (nSPS) is 17.2. The summed E-state index contributed by atoms with van der Waals surface area (Å²) in [6.45, 7) is 2.19. The summed E-state index contributed by atoms with van der Waals surface area (Å²) in [4.78, 5) is 0. The van der Waals surface area contributed by atoms with Crippen LogP contribution in [0.2, 0.25) is 0 Å². The Bertz CT molecular complexity index is 596. The fourth-order valence-electron chi connectivity index (χ4n) is 2.79. The van der Waals surface area contributed by atoms with Gasteiger partial charge in [-0.15, -0.1) is 0 Å². The summed E-state index contributed by atoms with van der Waals surface area (Å²) in [6.07, 6.45) is 2.24. The summed E-state index contributed by atoms with van der Waals surface area (Å²) < 4.78 is 5.44. The lowest BCUT2D eigenvalue weighted by Crippen LogP contribution is -1.99. The van der Waals surface area contributed by atoms with Crippen LogP contribution in [0.15, 0.2) is 54.1 Å². The van der Waals surface area contributed by atoms with E-state index in [1.165, 1.54) is 22.3 Å². The Labute approximate surface area is 108 Å². The van der Waals surface area contributed by atoms with Gasteiger partial charge in [0.1, 0.15) is 5.75 Å². The van der Waals surface area contributed by atoms with Gasteiger partial charge in [0.15, 0.2) is 0 Å². The molecule has 2 aromatic carbocycles. The summed E-state index contributed by atoms with van der Waals surface area (Å²) in [6, 6.07) is 16.9. The van der Waals surface area contributed by atoms with Gasteiger partial charge in [-0.3, -0.25) is 0 Å². The van der Waals surface area contributed by atoms with E-state index in [4.69, 9.17) is 4.74 Å². The number of methoxy groups -OCH3 is 1. The highest BCUT2D eigenvalue weighted by Gasteiger charge is 2.25. The molecule has 0 bridgehead atoms. The lowest BCUT2D eigenvalue weighted by Gasteiger charge is -2.15. The molecule has 0 heterocycles. The van der Waals surface area contributed by atoms with Crippen molar-refractivity contribution >= 4 is 6.08 Å².